The number of esters is 1. The molecule has 1 aliphatic heterocycles. The lowest BCUT2D eigenvalue weighted by molar-refractivity contribution is -0.136. The summed E-state index contributed by atoms with van der Waals surface area (Å²) in [7, 11) is 0. The number of aliphatic hydroxyl groups excluding tert-OH is 1. The van der Waals surface area contributed by atoms with Crippen LogP contribution in [0.15, 0.2) is 22.8 Å². The van der Waals surface area contributed by atoms with Crippen LogP contribution in [-0.4, -0.2) is 24.3 Å². The largest absolute Gasteiger partial charge is 0.458 e. The molecule has 2 rings (SSSR count). The van der Waals surface area contributed by atoms with E-state index in [1.54, 1.807) is 0 Å². The van der Waals surface area contributed by atoms with Crippen LogP contribution in [0.3, 0.4) is 0 Å². The normalized spacial score (nSPS) is 24.2. The second-order valence-corrected chi connectivity index (χ2v) is 6.25. The Kier molecular flexibility index (Phi) is 3.62. The average Bonchev–Trinajstić information content (AvgIpc) is 2.83. The Morgan fingerprint density at radius 1 is 1.50 bits per heavy atom. The zero-order chi connectivity index (χ0) is 13.3. The van der Waals surface area contributed by atoms with Crippen molar-refractivity contribution in [2.75, 3.05) is 13.2 Å². The van der Waals surface area contributed by atoms with Gasteiger partial charge in [0.25, 0.3) is 0 Å². The van der Waals surface area contributed by atoms with Crippen molar-refractivity contribution >= 4 is 5.97 Å². The first kappa shape index (κ1) is 13.3. The number of carbonyl (C=O) groups excluding carboxylic acids is 1. The smallest absolute Gasteiger partial charge is 0.334 e. The molecule has 0 spiro atoms. The van der Waals surface area contributed by atoms with Gasteiger partial charge >= 0.3 is 5.97 Å². The van der Waals surface area contributed by atoms with Gasteiger partial charge in [0.2, 0.25) is 0 Å². The van der Waals surface area contributed by atoms with Gasteiger partial charge in [-0.2, -0.15) is 0 Å². The fourth-order valence-corrected chi connectivity index (χ4v) is 2.76. The average molecular weight is 250 g/mol. The van der Waals surface area contributed by atoms with Gasteiger partial charge in [0.15, 0.2) is 0 Å². The summed E-state index contributed by atoms with van der Waals surface area (Å²) in [5.41, 5.74) is 3.23. The second kappa shape index (κ2) is 4.88. The quantitative estimate of drug-likeness (QED) is 0.616. The third-order valence-corrected chi connectivity index (χ3v) is 3.98. The van der Waals surface area contributed by atoms with E-state index in [2.05, 4.69) is 26.8 Å². The number of hydrogen-bond donors (Lipinski definition) is 1. The first-order chi connectivity index (χ1) is 8.43. The topological polar surface area (TPSA) is 46.5 Å². The minimum Gasteiger partial charge on any atom is -0.458 e. The third-order valence-electron chi connectivity index (χ3n) is 3.98. The van der Waals surface area contributed by atoms with Crippen LogP contribution in [0.4, 0.5) is 0 Å². The Balaban J connectivity index is 2.04. The maximum Gasteiger partial charge on any atom is 0.334 e. The minimum atomic E-state index is -0.247. The Morgan fingerprint density at radius 2 is 2.22 bits per heavy atom. The number of carbonyl (C=O) groups is 1. The Labute approximate surface area is 109 Å². The molecule has 0 amide bonds. The molecular formula is C15H22O3. The van der Waals surface area contributed by atoms with Crippen LogP contribution in [0.5, 0.6) is 0 Å². The van der Waals surface area contributed by atoms with E-state index in [1.165, 1.54) is 5.57 Å². The highest BCUT2D eigenvalue weighted by Gasteiger charge is 2.30. The number of hydrogen-bond acceptors (Lipinski definition) is 3. The van der Waals surface area contributed by atoms with Crippen LogP contribution in [0.2, 0.25) is 0 Å². The zero-order valence-electron chi connectivity index (χ0n) is 11.5. The summed E-state index contributed by atoms with van der Waals surface area (Å²) in [4.78, 5) is 11.6. The molecule has 0 aromatic heterocycles. The SMILES string of the molecule is CC(CC1=C(CO)COC1=O)C1=CCC(C)(C)C1. The summed E-state index contributed by atoms with van der Waals surface area (Å²) in [6.07, 6.45) is 5.22. The third kappa shape index (κ3) is 2.66. The fourth-order valence-electron chi connectivity index (χ4n) is 2.76. The van der Waals surface area contributed by atoms with Crippen LogP contribution in [0.25, 0.3) is 0 Å². The van der Waals surface area contributed by atoms with Gasteiger partial charge in [-0.1, -0.05) is 32.4 Å². The van der Waals surface area contributed by atoms with Gasteiger partial charge in [-0.05, 0) is 30.6 Å². The molecule has 2 aliphatic rings. The molecule has 1 N–H and O–H groups in total. The molecule has 18 heavy (non-hydrogen) atoms. The summed E-state index contributed by atoms with van der Waals surface area (Å²) in [5.74, 6) is 0.109. The van der Waals surface area contributed by atoms with E-state index < -0.39 is 0 Å². The molecule has 0 radical (unpaired) electrons. The van der Waals surface area contributed by atoms with Gasteiger partial charge in [0.1, 0.15) is 6.61 Å². The van der Waals surface area contributed by atoms with Crippen LogP contribution >= 0.6 is 0 Å². The van der Waals surface area contributed by atoms with Gasteiger partial charge < -0.3 is 9.84 Å². The summed E-state index contributed by atoms with van der Waals surface area (Å²) >= 11 is 0. The Bertz CT molecular complexity index is 415. The maximum atomic E-state index is 11.6. The first-order valence-electron chi connectivity index (χ1n) is 6.61. The van der Waals surface area contributed by atoms with Crippen molar-refractivity contribution in [3.05, 3.63) is 22.8 Å². The summed E-state index contributed by atoms with van der Waals surface area (Å²) < 4.78 is 4.98. The highest BCUT2D eigenvalue weighted by molar-refractivity contribution is 5.91. The van der Waals surface area contributed by atoms with Crippen molar-refractivity contribution in [3.8, 4) is 0 Å². The van der Waals surface area contributed by atoms with E-state index in [0.29, 0.717) is 23.3 Å². The van der Waals surface area contributed by atoms with Gasteiger partial charge in [0.05, 0.1) is 6.61 Å². The number of cyclic esters (lactones) is 1. The lowest BCUT2D eigenvalue weighted by Crippen LogP contribution is -2.10. The molecule has 0 bridgehead atoms. The van der Waals surface area contributed by atoms with Crippen LogP contribution < -0.4 is 0 Å². The lowest BCUT2D eigenvalue weighted by atomic mass is 9.85. The van der Waals surface area contributed by atoms with E-state index in [0.717, 1.165) is 18.4 Å². The molecule has 0 saturated heterocycles. The molecule has 1 aliphatic carbocycles. The van der Waals surface area contributed by atoms with Gasteiger partial charge in [-0.25, -0.2) is 4.79 Å². The molecule has 1 heterocycles. The Morgan fingerprint density at radius 3 is 2.78 bits per heavy atom. The monoisotopic (exact) mass is 250 g/mol. The number of aliphatic hydroxyl groups is 1. The van der Waals surface area contributed by atoms with Gasteiger partial charge in [-0.15, -0.1) is 0 Å². The van der Waals surface area contributed by atoms with Crippen molar-refractivity contribution in [2.24, 2.45) is 11.3 Å². The zero-order valence-corrected chi connectivity index (χ0v) is 11.5. The van der Waals surface area contributed by atoms with Crippen LogP contribution in [0, 0.1) is 11.3 Å². The van der Waals surface area contributed by atoms with Crippen molar-refractivity contribution < 1.29 is 14.6 Å². The van der Waals surface area contributed by atoms with Crippen molar-refractivity contribution in [1.82, 2.24) is 0 Å². The van der Waals surface area contributed by atoms with Crippen molar-refractivity contribution in [2.45, 2.75) is 40.0 Å². The predicted octanol–water partition coefficient (Wildman–Crippen LogP) is 2.60. The van der Waals surface area contributed by atoms with E-state index in [1.807, 2.05) is 0 Å². The first-order valence-corrected chi connectivity index (χ1v) is 6.61. The molecule has 0 aromatic rings. The predicted molar refractivity (Wildman–Crippen MR) is 69.9 cm³/mol. The van der Waals surface area contributed by atoms with E-state index in [-0.39, 0.29) is 19.2 Å². The molecule has 1 unspecified atom stereocenters. The summed E-state index contributed by atoms with van der Waals surface area (Å²) in [6, 6.07) is 0. The number of ether oxygens (including phenoxy) is 1. The molecule has 100 valence electrons. The highest BCUT2D eigenvalue weighted by atomic mass is 16.5. The molecule has 3 heteroatoms. The van der Waals surface area contributed by atoms with E-state index >= 15 is 0 Å². The minimum absolute atomic E-state index is 0.0711. The van der Waals surface area contributed by atoms with Crippen LogP contribution in [0.1, 0.15) is 40.0 Å². The van der Waals surface area contributed by atoms with Gasteiger partial charge in [0, 0.05) is 11.1 Å². The molecule has 1 atom stereocenters. The molecule has 3 nitrogen and oxygen atoms in total. The van der Waals surface area contributed by atoms with Crippen molar-refractivity contribution in [1.29, 1.82) is 0 Å². The second-order valence-electron chi connectivity index (χ2n) is 6.25. The van der Waals surface area contributed by atoms with Crippen molar-refractivity contribution in [3.63, 3.8) is 0 Å². The van der Waals surface area contributed by atoms with E-state index in [9.17, 15) is 9.90 Å². The van der Waals surface area contributed by atoms with Gasteiger partial charge in [-0.3, -0.25) is 0 Å². The number of rotatable bonds is 4. The Hall–Kier alpha value is -1.09. The molecule has 0 saturated carbocycles. The molecule has 0 aromatic carbocycles. The van der Waals surface area contributed by atoms with Crippen LogP contribution in [-0.2, 0) is 9.53 Å². The fraction of sp³-hybridized carbons (Fsp3) is 0.667. The maximum absolute atomic E-state index is 11.6. The highest BCUT2D eigenvalue weighted by Crippen LogP contribution is 2.41. The lowest BCUT2D eigenvalue weighted by Gasteiger charge is -2.20. The standard InChI is InChI=1S/C15H22O3/c1-10(11-4-5-15(2,3)7-11)6-13-12(8-16)9-18-14(13)17/h4,10,16H,5-9H2,1-3H3. The number of allylic oxidation sites excluding steroid dienone is 2. The summed E-state index contributed by atoms with van der Waals surface area (Å²) in [6.45, 7) is 6.89. The van der Waals surface area contributed by atoms with E-state index in [4.69, 9.17) is 4.74 Å². The molecule has 0 fully saturated rings. The molecular weight excluding hydrogens is 228 g/mol. The summed E-state index contributed by atoms with van der Waals surface area (Å²) in [5, 5.41) is 9.21.